The van der Waals surface area contributed by atoms with Crippen LogP contribution in [0.25, 0.3) is 11.1 Å². The Morgan fingerprint density at radius 1 is 1.07 bits per heavy atom. The van der Waals surface area contributed by atoms with E-state index in [-0.39, 0.29) is 12.5 Å². The van der Waals surface area contributed by atoms with Gasteiger partial charge in [-0.3, -0.25) is 0 Å². The highest BCUT2D eigenvalue weighted by Crippen LogP contribution is 2.32. The van der Waals surface area contributed by atoms with Gasteiger partial charge in [-0.25, -0.2) is 9.59 Å². The quantitative estimate of drug-likeness (QED) is 0.818. The van der Waals surface area contributed by atoms with E-state index in [0.717, 1.165) is 11.1 Å². The standard InChI is InChI=1S/C22H23NO4/c1-4-26-21(25)22(23-19(15(2)3)14-20(24)27-22)18-12-10-17(11-13-18)16-8-6-5-7-9-16/h5-15,23H,4H2,1-3H3. The van der Waals surface area contributed by atoms with Gasteiger partial charge in [0.05, 0.1) is 6.61 Å². The second-order valence-corrected chi connectivity index (χ2v) is 6.65. The van der Waals surface area contributed by atoms with E-state index in [4.69, 9.17) is 9.47 Å². The molecule has 1 unspecified atom stereocenters. The van der Waals surface area contributed by atoms with Crippen LogP contribution in [0.15, 0.2) is 66.4 Å². The molecule has 27 heavy (non-hydrogen) atoms. The minimum Gasteiger partial charge on any atom is -0.461 e. The van der Waals surface area contributed by atoms with E-state index in [2.05, 4.69) is 5.32 Å². The summed E-state index contributed by atoms with van der Waals surface area (Å²) in [5.41, 5.74) is 1.52. The molecule has 140 valence electrons. The molecular formula is C22H23NO4. The molecule has 5 nitrogen and oxygen atoms in total. The number of rotatable bonds is 5. The molecule has 1 aliphatic rings. The number of esters is 2. The molecule has 0 radical (unpaired) electrons. The molecule has 0 bridgehead atoms. The maximum Gasteiger partial charge on any atom is 0.377 e. The molecule has 3 rings (SSSR count). The van der Waals surface area contributed by atoms with Crippen molar-refractivity contribution in [1.29, 1.82) is 0 Å². The van der Waals surface area contributed by atoms with E-state index in [1.807, 2.05) is 56.3 Å². The maximum absolute atomic E-state index is 12.8. The predicted molar refractivity (Wildman–Crippen MR) is 102 cm³/mol. The van der Waals surface area contributed by atoms with Crippen LogP contribution in [0, 0.1) is 5.92 Å². The lowest BCUT2D eigenvalue weighted by Gasteiger charge is -2.37. The highest BCUT2D eigenvalue weighted by molar-refractivity contribution is 5.91. The third-order valence-corrected chi connectivity index (χ3v) is 4.43. The van der Waals surface area contributed by atoms with Crippen molar-refractivity contribution in [2.24, 2.45) is 5.92 Å². The van der Waals surface area contributed by atoms with Crippen molar-refractivity contribution < 1.29 is 19.1 Å². The smallest absolute Gasteiger partial charge is 0.377 e. The second-order valence-electron chi connectivity index (χ2n) is 6.65. The summed E-state index contributed by atoms with van der Waals surface area (Å²) in [5, 5.41) is 3.10. The maximum atomic E-state index is 12.8. The zero-order valence-electron chi connectivity index (χ0n) is 15.7. The Bertz CT molecular complexity index is 856. The van der Waals surface area contributed by atoms with Crippen LogP contribution in [-0.4, -0.2) is 18.5 Å². The first-order valence-corrected chi connectivity index (χ1v) is 9.02. The molecule has 0 saturated heterocycles. The van der Waals surface area contributed by atoms with Crippen LogP contribution >= 0.6 is 0 Å². The van der Waals surface area contributed by atoms with Crippen LogP contribution in [-0.2, 0) is 24.8 Å². The Morgan fingerprint density at radius 2 is 1.70 bits per heavy atom. The SMILES string of the molecule is CCOC(=O)C1(c2ccc(-c3ccccc3)cc2)NC(C(C)C)=CC(=O)O1. The summed E-state index contributed by atoms with van der Waals surface area (Å²) in [4.78, 5) is 25.0. The summed E-state index contributed by atoms with van der Waals surface area (Å²) < 4.78 is 10.7. The Labute approximate surface area is 159 Å². The summed E-state index contributed by atoms with van der Waals surface area (Å²) in [6.07, 6.45) is 1.38. The lowest BCUT2D eigenvalue weighted by Crippen LogP contribution is -2.55. The molecule has 0 aliphatic carbocycles. The normalized spacial score (nSPS) is 19.1. The molecule has 2 aromatic carbocycles. The zero-order valence-corrected chi connectivity index (χ0v) is 15.7. The van der Waals surface area contributed by atoms with Gasteiger partial charge in [0.25, 0.3) is 0 Å². The summed E-state index contributed by atoms with van der Waals surface area (Å²) in [6, 6.07) is 17.3. The molecule has 1 atom stereocenters. The van der Waals surface area contributed by atoms with E-state index >= 15 is 0 Å². The number of carbonyl (C=O) groups is 2. The Hall–Kier alpha value is -3.08. The van der Waals surface area contributed by atoms with Crippen LogP contribution in [0.4, 0.5) is 0 Å². The van der Waals surface area contributed by atoms with E-state index < -0.39 is 17.7 Å². The first-order chi connectivity index (χ1) is 13.0. The summed E-state index contributed by atoms with van der Waals surface area (Å²) in [5.74, 6) is -1.19. The number of hydrogen-bond acceptors (Lipinski definition) is 5. The minimum atomic E-state index is -1.68. The fourth-order valence-corrected chi connectivity index (χ4v) is 2.99. The Kier molecular flexibility index (Phi) is 5.31. The predicted octanol–water partition coefficient (Wildman–Crippen LogP) is 3.76. The van der Waals surface area contributed by atoms with Gasteiger partial charge in [-0.2, -0.15) is 0 Å². The average molecular weight is 365 g/mol. The number of ether oxygens (including phenoxy) is 2. The van der Waals surface area contributed by atoms with E-state index in [0.29, 0.717) is 11.3 Å². The van der Waals surface area contributed by atoms with Crippen LogP contribution in [0.3, 0.4) is 0 Å². The van der Waals surface area contributed by atoms with Crippen molar-refractivity contribution in [2.75, 3.05) is 6.61 Å². The molecule has 0 amide bonds. The third kappa shape index (κ3) is 3.72. The molecule has 1 N–H and O–H groups in total. The average Bonchev–Trinajstić information content (AvgIpc) is 2.68. The molecule has 0 fully saturated rings. The molecule has 5 heteroatoms. The van der Waals surface area contributed by atoms with Crippen molar-refractivity contribution in [3.63, 3.8) is 0 Å². The van der Waals surface area contributed by atoms with E-state index in [9.17, 15) is 9.59 Å². The van der Waals surface area contributed by atoms with Gasteiger partial charge in [-0.05, 0) is 24.0 Å². The van der Waals surface area contributed by atoms with Crippen molar-refractivity contribution in [2.45, 2.75) is 26.5 Å². The van der Waals surface area contributed by atoms with Gasteiger partial charge in [-0.1, -0.05) is 68.4 Å². The zero-order chi connectivity index (χ0) is 19.4. The van der Waals surface area contributed by atoms with Crippen LogP contribution in [0.2, 0.25) is 0 Å². The largest absolute Gasteiger partial charge is 0.461 e. The number of carbonyl (C=O) groups excluding carboxylic acids is 2. The lowest BCUT2D eigenvalue weighted by molar-refractivity contribution is -0.187. The fraction of sp³-hybridized carbons (Fsp3) is 0.273. The molecular weight excluding hydrogens is 342 g/mol. The second kappa shape index (κ2) is 7.66. The van der Waals surface area contributed by atoms with Crippen LogP contribution < -0.4 is 5.32 Å². The number of hydrogen-bond donors (Lipinski definition) is 1. The minimum absolute atomic E-state index is 0.0234. The summed E-state index contributed by atoms with van der Waals surface area (Å²) in [7, 11) is 0. The van der Waals surface area contributed by atoms with Gasteiger partial charge in [0.2, 0.25) is 0 Å². The number of benzene rings is 2. The van der Waals surface area contributed by atoms with Crippen molar-refractivity contribution in [3.05, 3.63) is 71.9 Å². The lowest BCUT2D eigenvalue weighted by atomic mass is 9.95. The van der Waals surface area contributed by atoms with Gasteiger partial charge in [0.1, 0.15) is 0 Å². The number of cyclic esters (lactones) is 1. The monoisotopic (exact) mass is 365 g/mol. The van der Waals surface area contributed by atoms with Crippen LogP contribution in [0.1, 0.15) is 26.3 Å². The molecule has 0 aromatic heterocycles. The van der Waals surface area contributed by atoms with Crippen molar-refractivity contribution >= 4 is 11.9 Å². The van der Waals surface area contributed by atoms with Gasteiger partial charge >= 0.3 is 17.7 Å². The van der Waals surface area contributed by atoms with Crippen molar-refractivity contribution in [3.8, 4) is 11.1 Å². The molecule has 0 saturated carbocycles. The number of nitrogens with one attached hydrogen (secondary N) is 1. The third-order valence-electron chi connectivity index (χ3n) is 4.43. The van der Waals surface area contributed by atoms with Gasteiger partial charge < -0.3 is 14.8 Å². The molecule has 2 aromatic rings. The highest BCUT2D eigenvalue weighted by atomic mass is 16.6. The van der Waals surface area contributed by atoms with Gasteiger partial charge in [-0.15, -0.1) is 0 Å². The van der Waals surface area contributed by atoms with E-state index in [1.165, 1.54) is 6.08 Å². The fourth-order valence-electron chi connectivity index (χ4n) is 2.99. The van der Waals surface area contributed by atoms with Crippen molar-refractivity contribution in [1.82, 2.24) is 5.32 Å². The van der Waals surface area contributed by atoms with Gasteiger partial charge in [0.15, 0.2) is 0 Å². The Morgan fingerprint density at radius 3 is 2.30 bits per heavy atom. The summed E-state index contributed by atoms with van der Waals surface area (Å²) >= 11 is 0. The first-order valence-electron chi connectivity index (χ1n) is 9.02. The first kappa shape index (κ1) is 18.7. The molecule has 1 aliphatic heterocycles. The number of allylic oxidation sites excluding steroid dienone is 1. The topological polar surface area (TPSA) is 64.6 Å². The molecule has 1 heterocycles. The Balaban J connectivity index is 2.03. The molecule has 0 spiro atoms. The van der Waals surface area contributed by atoms with Gasteiger partial charge in [0, 0.05) is 17.3 Å². The van der Waals surface area contributed by atoms with Crippen LogP contribution in [0.5, 0.6) is 0 Å². The summed E-state index contributed by atoms with van der Waals surface area (Å²) in [6.45, 7) is 5.77. The van der Waals surface area contributed by atoms with E-state index in [1.54, 1.807) is 19.1 Å². The highest BCUT2D eigenvalue weighted by Gasteiger charge is 2.49.